The Morgan fingerprint density at radius 3 is 1.90 bits per heavy atom. The standard InChI is InChI=1S/C31H51BN2O8/c1-28(2,3)39-26(36)33-20-22(19-24(25(35)38-11)34-27(37)40-29(4,5)6)14-12-13-21-15-17-23(18-16-21)32-41-30(7,8)31(9,10)42-32/h15-18,22,24H,12-14,19-20H2,1-11H3,(H,33,36)(H,34,37)/t22?,24-/m0/s1. The summed E-state index contributed by atoms with van der Waals surface area (Å²) in [5, 5.41) is 5.44. The molecule has 1 aromatic carbocycles. The van der Waals surface area contributed by atoms with Crippen molar-refractivity contribution in [1.82, 2.24) is 10.6 Å². The molecule has 1 aromatic rings. The van der Waals surface area contributed by atoms with Crippen LogP contribution in [0.1, 0.15) is 94.1 Å². The number of rotatable bonds is 11. The maximum absolute atomic E-state index is 12.6. The van der Waals surface area contributed by atoms with Gasteiger partial charge in [-0.15, -0.1) is 0 Å². The van der Waals surface area contributed by atoms with Crippen LogP contribution in [-0.2, 0) is 34.7 Å². The van der Waals surface area contributed by atoms with E-state index in [4.69, 9.17) is 23.5 Å². The molecule has 11 heteroatoms. The number of carbonyl (C=O) groups excluding carboxylic acids is 3. The van der Waals surface area contributed by atoms with Crippen LogP contribution >= 0.6 is 0 Å². The van der Waals surface area contributed by atoms with Crippen molar-refractivity contribution in [3.8, 4) is 0 Å². The lowest BCUT2D eigenvalue weighted by atomic mass is 9.78. The summed E-state index contributed by atoms with van der Waals surface area (Å²) in [7, 11) is 0.855. The Morgan fingerprint density at radius 2 is 1.40 bits per heavy atom. The predicted octanol–water partition coefficient (Wildman–Crippen LogP) is 4.91. The molecule has 42 heavy (non-hydrogen) atoms. The average Bonchev–Trinajstić information content (AvgIpc) is 3.06. The summed E-state index contributed by atoms with van der Waals surface area (Å²) in [5.41, 5.74) is -0.0616. The van der Waals surface area contributed by atoms with E-state index in [1.54, 1.807) is 41.5 Å². The van der Waals surface area contributed by atoms with Crippen LogP contribution in [0.15, 0.2) is 24.3 Å². The molecular formula is C31H51BN2O8. The van der Waals surface area contributed by atoms with E-state index in [2.05, 4.69) is 22.8 Å². The Labute approximate surface area is 252 Å². The second kappa shape index (κ2) is 14.1. The molecule has 0 bridgehead atoms. The summed E-state index contributed by atoms with van der Waals surface area (Å²) >= 11 is 0. The van der Waals surface area contributed by atoms with Crippen LogP contribution in [0, 0.1) is 5.92 Å². The van der Waals surface area contributed by atoms with E-state index in [0.29, 0.717) is 6.42 Å². The number of nitrogens with one attached hydrogen (secondary N) is 2. The molecule has 236 valence electrons. The molecule has 0 saturated carbocycles. The summed E-state index contributed by atoms with van der Waals surface area (Å²) < 4.78 is 28.0. The fourth-order valence-electron chi connectivity index (χ4n) is 4.40. The zero-order valence-electron chi connectivity index (χ0n) is 27.3. The predicted molar refractivity (Wildman–Crippen MR) is 163 cm³/mol. The maximum atomic E-state index is 12.6. The van der Waals surface area contributed by atoms with Crippen LogP contribution in [-0.4, -0.2) is 67.4 Å². The first-order chi connectivity index (χ1) is 19.2. The number of ether oxygens (including phenoxy) is 3. The monoisotopic (exact) mass is 590 g/mol. The van der Waals surface area contributed by atoms with Gasteiger partial charge in [-0.25, -0.2) is 14.4 Å². The third kappa shape index (κ3) is 11.5. The maximum Gasteiger partial charge on any atom is 0.494 e. The van der Waals surface area contributed by atoms with Crippen LogP contribution in [0.2, 0.25) is 0 Å². The Kier molecular flexibility index (Phi) is 11.9. The molecular weight excluding hydrogens is 539 g/mol. The largest absolute Gasteiger partial charge is 0.494 e. The normalized spacial score (nSPS) is 17.6. The highest BCUT2D eigenvalue weighted by Gasteiger charge is 2.51. The minimum absolute atomic E-state index is 0.152. The van der Waals surface area contributed by atoms with Gasteiger partial charge >= 0.3 is 25.3 Å². The van der Waals surface area contributed by atoms with E-state index >= 15 is 0 Å². The SMILES string of the molecule is COC(=O)[C@H](CC(CCCc1ccc(B2OC(C)(C)C(C)(C)O2)cc1)CNC(=O)OC(C)(C)C)NC(=O)OC(C)(C)C. The molecule has 1 saturated heterocycles. The molecule has 0 aliphatic carbocycles. The van der Waals surface area contributed by atoms with Crippen LogP contribution in [0.3, 0.4) is 0 Å². The van der Waals surface area contributed by atoms with E-state index in [9.17, 15) is 14.4 Å². The third-order valence-electron chi connectivity index (χ3n) is 7.26. The Balaban J connectivity index is 2.06. The van der Waals surface area contributed by atoms with Crippen LogP contribution in [0.5, 0.6) is 0 Å². The van der Waals surface area contributed by atoms with Crippen LogP contribution < -0.4 is 16.1 Å². The Hall–Kier alpha value is -2.79. The fourth-order valence-corrected chi connectivity index (χ4v) is 4.40. The van der Waals surface area contributed by atoms with Crippen LogP contribution in [0.25, 0.3) is 0 Å². The number of benzene rings is 1. The topological polar surface area (TPSA) is 121 Å². The van der Waals surface area contributed by atoms with Crippen molar-refractivity contribution in [1.29, 1.82) is 0 Å². The summed E-state index contributed by atoms with van der Waals surface area (Å²) in [6.45, 7) is 19.0. The quantitative estimate of drug-likeness (QED) is 0.212. The van der Waals surface area contributed by atoms with Gasteiger partial charge in [-0.2, -0.15) is 0 Å². The van der Waals surface area contributed by atoms with Crippen molar-refractivity contribution in [2.24, 2.45) is 5.92 Å². The number of hydrogen-bond acceptors (Lipinski definition) is 8. The number of esters is 1. The van der Waals surface area contributed by atoms with Gasteiger partial charge in [0, 0.05) is 6.54 Å². The smallest absolute Gasteiger partial charge is 0.467 e. The Morgan fingerprint density at radius 1 is 0.881 bits per heavy atom. The van der Waals surface area contributed by atoms with Crippen molar-refractivity contribution in [2.75, 3.05) is 13.7 Å². The number of alkyl carbamates (subject to hydrolysis) is 2. The van der Waals surface area contributed by atoms with Gasteiger partial charge < -0.3 is 34.2 Å². The van der Waals surface area contributed by atoms with Gasteiger partial charge in [0.05, 0.1) is 18.3 Å². The van der Waals surface area contributed by atoms with Gasteiger partial charge in [0.2, 0.25) is 0 Å². The van der Waals surface area contributed by atoms with Crippen molar-refractivity contribution in [3.63, 3.8) is 0 Å². The van der Waals surface area contributed by atoms with E-state index in [0.717, 1.165) is 23.9 Å². The molecule has 1 aliphatic rings. The lowest BCUT2D eigenvalue weighted by Gasteiger charge is -2.32. The van der Waals surface area contributed by atoms with Gasteiger partial charge in [0.25, 0.3) is 0 Å². The fraction of sp³-hybridized carbons (Fsp3) is 0.710. The molecule has 0 radical (unpaired) electrons. The second-order valence-corrected chi connectivity index (χ2v) is 13.9. The summed E-state index contributed by atoms with van der Waals surface area (Å²) in [4.78, 5) is 37.4. The summed E-state index contributed by atoms with van der Waals surface area (Å²) in [6, 6.07) is 7.24. The average molecular weight is 591 g/mol. The van der Waals surface area contributed by atoms with E-state index in [1.165, 1.54) is 7.11 Å². The lowest BCUT2D eigenvalue weighted by molar-refractivity contribution is -0.143. The first-order valence-electron chi connectivity index (χ1n) is 14.7. The zero-order chi connectivity index (χ0) is 31.9. The van der Waals surface area contributed by atoms with Gasteiger partial charge in [0.15, 0.2) is 0 Å². The molecule has 2 rings (SSSR count). The van der Waals surface area contributed by atoms with Gasteiger partial charge in [-0.1, -0.05) is 24.3 Å². The van der Waals surface area contributed by atoms with Crippen molar-refractivity contribution in [2.45, 2.75) is 123 Å². The van der Waals surface area contributed by atoms with Crippen molar-refractivity contribution in [3.05, 3.63) is 29.8 Å². The van der Waals surface area contributed by atoms with Crippen molar-refractivity contribution < 1.29 is 37.9 Å². The molecule has 1 unspecified atom stereocenters. The van der Waals surface area contributed by atoms with Crippen LogP contribution in [0.4, 0.5) is 9.59 Å². The molecule has 1 heterocycles. The molecule has 2 N–H and O–H groups in total. The second-order valence-electron chi connectivity index (χ2n) is 13.9. The van der Waals surface area contributed by atoms with Gasteiger partial charge in [-0.3, -0.25) is 0 Å². The molecule has 2 amide bonds. The number of methoxy groups -OCH3 is 1. The first-order valence-corrected chi connectivity index (χ1v) is 14.7. The van der Waals surface area contributed by atoms with E-state index in [-0.39, 0.29) is 18.9 Å². The highest BCUT2D eigenvalue weighted by Crippen LogP contribution is 2.36. The molecule has 10 nitrogen and oxygen atoms in total. The third-order valence-corrected chi connectivity index (χ3v) is 7.26. The van der Waals surface area contributed by atoms with E-state index < -0.39 is 53.7 Å². The minimum atomic E-state index is -0.936. The van der Waals surface area contributed by atoms with Crippen molar-refractivity contribution >= 4 is 30.7 Å². The molecule has 0 spiro atoms. The van der Waals surface area contributed by atoms with Gasteiger partial charge in [-0.05, 0) is 112 Å². The number of carbonyl (C=O) groups is 3. The zero-order valence-corrected chi connectivity index (χ0v) is 27.3. The first kappa shape index (κ1) is 35.4. The van der Waals surface area contributed by atoms with Gasteiger partial charge in [0.1, 0.15) is 17.2 Å². The number of hydrogen-bond donors (Lipinski definition) is 2. The molecule has 0 aromatic heterocycles. The highest BCUT2D eigenvalue weighted by molar-refractivity contribution is 6.62. The Bertz CT molecular complexity index is 1040. The number of aryl methyl sites for hydroxylation is 1. The molecule has 1 fully saturated rings. The minimum Gasteiger partial charge on any atom is -0.467 e. The van der Waals surface area contributed by atoms with E-state index in [1.807, 2.05) is 39.8 Å². The lowest BCUT2D eigenvalue weighted by Crippen LogP contribution is -2.46. The number of amides is 2. The summed E-state index contributed by atoms with van der Waals surface area (Å²) in [6.07, 6.45) is 1.26. The molecule has 1 aliphatic heterocycles. The highest BCUT2D eigenvalue weighted by atomic mass is 16.7. The molecule has 2 atom stereocenters. The summed E-state index contributed by atoms with van der Waals surface area (Å²) in [5.74, 6) is -0.734.